The molecule has 3 aromatic heterocycles. The number of anilines is 3. The minimum atomic E-state index is -3.62. The van der Waals surface area contributed by atoms with E-state index in [1.165, 1.54) is 6.33 Å². The van der Waals surface area contributed by atoms with Crippen molar-refractivity contribution in [2.24, 2.45) is 0 Å². The lowest BCUT2D eigenvalue weighted by Gasteiger charge is -2.09. The molecule has 3 heterocycles. The summed E-state index contributed by atoms with van der Waals surface area (Å²) in [5, 5.41) is 12.7. The minimum absolute atomic E-state index is 0.186. The molecule has 0 unspecified atom stereocenters. The van der Waals surface area contributed by atoms with Crippen LogP contribution in [-0.2, 0) is 10.0 Å². The lowest BCUT2D eigenvalue weighted by Crippen LogP contribution is -2.29. The summed E-state index contributed by atoms with van der Waals surface area (Å²) in [5.41, 5.74) is 0.947. The third-order valence-corrected chi connectivity index (χ3v) is 5.36. The number of aryl methyl sites for hydroxylation is 2. The van der Waals surface area contributed by atoms with Gasteiger partial charge in [0, 0.05) is 25.4 Å². The van der Waals surface area contributed by atoms with E-state index in [2.05, 4.69) is 40.5 Å². The molecule has 11 heteroatoms. The Morgan fingerprint density at radius 3 is 2.56 bits per heavy atom. The van der Waals surface area contributed by atoms with Gasteiger partial charge in [0.2, 0.25) is 10.0 Å². The highest BCUT2D eigenvalue weighted by Gasteiger charge is 2.21. The SMILES string of the molecule is Cc1n[nH]c(C)c1S(=O)(=O)NCCNc1cc(Nc2ccccn2)ncn1. The molecule has 0 aliphatic rings. The van der Waals surface area contributed by atoms with Crippen LogP contribution in [0.2, 0.25) is 0 Å². The van der Waals surface area contributed by atoms with Crippen LogP contribution < -0.4 is 15.4 Å². The van der Waals surface area contributed by atoms with Gasteiger partial charge < -0.3 is 10.6 Å². The predicted octanol–water partition coefficient (Wildman–Crippen LogP) is 1.35. The fourth-order valence-corrected chi connectivity index (χ4v) is 3.87. The smallest absolute Gasteiger partial charge is 0.244 e. The summed E-state index contributed by atoms with van der Waals surface area (Å²) < 4.78 is 27.3. The van der Waals surface area contributed by atoms with E-state index < -0.39 is 10.0 Å². The number of aromatic nitrogens is 5. The molecule has 10 nitrogen and oxygen atoms in total. The highest BCUT2D eigenvalue weighted by Crippen LogP contribution is 2.16. The van der Waals surface area contributed by atoms with Crippen LogP contribution in [0.5, 0.6) is 0 Å². The summed E-state index contributed by atoms with van der Waals surface area (Å²) >= 11 is 0. The van der Waals surface area contributed by atoms with E-state index in [1.807, 2.05) is 18.2 Å². The maximum atomic E-state index is 12.4. The second kappa shape index (κ2) is 8.10. The average Bonchev–Trinajstić information content (AvgIpc) is 2.99. The van der Waals surface area contributed by atoms with Crippen molar-refractivity contribution in [3.63, 3.8) is 0 Å². The van der Waals surface area contributed by atoms with Gasteiger partial charge in [0.15, 0.2) is 0 Å². The summed E-state index contributed by atoms with van der Waals surface area (Å²) in [6.45, 7) is 3.87. The molecule has 3 aromatic rings. The maximum absolute atomic E-state index is 12.4. The Morgan fingerprint density at radius 1 is 1.04 bits per heavy atom. The fraction of sp³-hybridized carbons (Fsp3) is 0.250. The third-order valence-electron chi connectivity index (χ3n) is 3.64. The summed E-state index contributed by atoms with van der Waals surface area (Å²) in [4.78, 5) is 12.6. The number of hydrogen-bond donors (Lipinski definition) is 4. The maximum Gasteiger partial charge on any atom is 0.244 e. The number of H-pyrrole nitrogens is 1. The highest BCUT2D eigenvalue weighted by molar-refractivity contribution is 7.89. The monoisotopic (exact) mass is 388 g/mol. The van der Waals surface area contributed by atoms with Gasteiger partial charge in [-0.15, -0.1) is 0 Å². The average molecular weight is 388 g/mol. The van der Waals surface area contributed by atoms with Crippen molar-refractivity contribution >= 4 is 27.5 Å². The number of nitrogens with one attached hydrogen (secondary N) is 4. The molecule has 0 atom stereocenters. The molecular formula is C16H20N8O2S. The first-order valence-electron chi connectivity index (χ1n) is 8.21. The minimum Gasteiger partial charge on any atom is -0.369 e. The molecule has 0 saturated carbocycles. The number of hydrogen-bond acceptors (Lipinski definition) is 8. The van der Waals surface area contributed by atoms with Crippen molar-refractivity contribution in [3.8, 4) is 0 Å². The van der Waals surface area contributed by atoms with Crippen molar-refractivity contribution in [2.45, 2.75) is 18.7 Å². The molecule has 0 radical (unpaired) electrons. The van der Waals surface area contributed by atoms with Crippen LogP contribution in [0, 0.1) is 13.8 Å². The van der Waals surface area contributed by atoms with Gasteiger partial charge in [-0.25, -0.2) is 28.1 Å². The zero-order chi connectivity index (χ0) is 19.3. The normalized spacial score (nSPS) is 11.3. The number of nitrogens with zero attached hydrogens (tertiary/aromatic N) is 4. The quantitative estimate of drug-likeness (QED) is 0.424. The van der Waals surface area contributed by atoms with Crippen LogP contribution in [0.25, 0.3) is 0 Å². The Morgan fingerprint density at radius 2 is 1.85 bits per heavy atom. The molecule has 4 N–H and O–H groups in total. The number of pyridine rings is 1. The molecule has 0 fully saturated rings. The van der Waals surface area contributed by atoms with Gasteiger partial charge in [0.05, 0.1) is 11.4 Å². The second-order valence-corrected chi connectivity index (χ2v) is 7.42. The van der Waals surface area contributed by atoms with Gasteiger partial charge >= 0.3 is 0 Å². The van der Waals surface area contributed by atoms with Crippen molar-refractivity contribution < 1.29 is 8.42 Å². The van der Waals surface area contributed by atoms with E-state index >= 15 is 0 Å². The molecule has 0 bridgehead atoms. The summed E-state index contributed by atoms with van der Waals surface area (Å²) in [6, 6.07) is 7.23. The van der Waals surface area contributed by atoms with E-state index in [0.717, 1.165) is 0 Å². The van der Waals surface area contributed by atoms with Gasteiger partial charge in [-0.1, -0.05) is 6.07 Å². The fourth-order valence-electron chi connectivity index (χ4n) is 2.47. The second-order valence-electron chi connectivity index (χ2n) is 5.72. The Kier molecular flexibility index (Phi) is 5.62. The van der Waals surface area contributed by atoms with E-state index in [1.54, 1.807) is 26.1 Å². The van der Waals surface area contributed by atoms with Crippen molar-refractivity contribution in [1.29, 1.82) is 0 Å². The van der Waals surface area contributed by atoms with Crippen LogP contribution in [0.4, 0.5) is 17.5 Å². The van der Waals surface area contributed by atoms with Gasteiger partial charge in [-0.2, -0.15) is 5.10 Å². The first kappa shape index (κ1) is 18.7. The third kappa shape index (κ3) is 4.77. The highest BCUT2D eigenvalue weighted by atomic mass is 32.2. The molecule has 3 rings (SSSR count). The summed E-state index contributed by atoms with van der Waals surface area (Å²) in [7, 11) is -3.62. The van der Waals surface area contributed by atoms with E-state index in [0.29, 0.717) is 35.4 Å². The Balaban J connectivity index is 1.54. The standard InChI is InChI=1S/C16H20N8O2S/c1-11-16(12(2)24-23-11)27(25,26)21-8-7-18-14-9-15(20-10-19-14)22-13-5-3-4-6-17-13/h3-6,9-10,21H,7-8H2,1-2H3,(H,23,24)(H2,17,18,19,20,22). The molecular weight excluding hydrogens is 368 g/mol. The van der Waals surface area contributed by atoms with Gasteiger partial charge in [0.1, 0.15) is 28.7 Å². The van der Waals surface area contributed by atoms with Crippen molar-refractivity contribution in [3.05, 3.63) is 48.2 Å². The number of sulfonamides is 1. The van der Waals surface area contributed by atoms with Crippen LogP contribution in [0.15, 0.2) is 41.7 Å². The van der Waals surface area contributed by atoms with Crippen LogP contribution >= 0.6 is 0 Å². The Hall–Kier alpha value is -3.05. The van der Waals surface area contributed by atoms with Crippen molar-refractivity contribution in [2.75, 3.05) is 23.7 Å². The van der Waals surface area contributed by atoms with Crippen LogP contribution in [-0.4, -0.2) is 46.7 Å². The molecule has 0 aliphatic heterocycles. The first-order valence-corrected chi connectivity index (χ1v) is 9.69. The Labute approximate surface area is 156 Å². The van der Waals surface area contributed by atoms with E-state index in [4.69, 9.17) is 0 Å². The zero-order valence-corrected chi connectivity index (χ0v) is 15.7. The van der Waals surface area contributed by atoms with E-state index in [-0.39, 0.29) is 11.4 Å². The number of aromatic amines is 1. The molecule has 0 spiro atoms. The number of rotatable bonds is 8. The lowest BCUT2D eigenvalue weighted by atomic mass is 10.4. The molecule has 27 heavy (non-hydrogen) atoms. The zero-order valence-electron chi connectivity index (χ0n) is 14.9. The predicted molar refractivity (Wildman–Crippen MR) is 101 cm³/mol. The van der Waals surface area contributed by atoms with Gasteiger partial charge in [0.25, 0.3) is 0 Å². The van der Waals surface area contributed by atoms with E-state index in [9.17, 15) is 8.42 Å². The van der Waals surface area contributed by atoms with Crippen LogP contribution in [0.3, 0.4) is 0 Å². The topological polar surface area (TPSA) is 138 Å². The molecule has 0 saturated heterocycles. The van der Waals surface area contributed by atoms with Gasteiger partial charge in [-0.3, -0.25) is 5.10 Å². The van der Waals surface area contributed by atoms with Crippen LogP contribution in [0.1, 0.15) is 11.4 Å². The molecule has 142 valence electrons. The molecule has 0 aromatic carbocycles. The lowest BCUT2D eigenvalue weighted by molar-refractivity contribution is 0.581. The van der Waals surface area contributed by atoms with Crippen molar-refractivity contribution in [1.82, 2.24) is 29.9 Å². The summed E-state index contributed by atoms with van der Waals surface area (Å²) in [6.07, 6.45) is 3.09. The molecule has 0 amide bonds. The largest absolute Gasteiger partial charge is 0.369 e. The first-order chi connectivity index (χ1) is 13.0. The molecule has 0 aliphatic carbocycles. The summed E-state index contributed by atoms with van der Waals surface area (Å²) in [5.74, 6) is 1.82. The Bertz CT molecular complexity index is 985. The van der Waals surface area contributed by atoms with Gasteiger partial charge in [-0.05, 0) is 26.0 Å².